The molecule has 0 bridgehead atoms. The highest BCUT2D eigenvalue weighted by molar-refractivity contribution is 5.42. The van der Waals surface area contributed by atoms with Gasteiger partial charge >= 0.3 is 0 Å². The third kappa shape index (κ3) is 2.89. The molecule has 16 heavy (non-hydrogen) atoms. The largest absolute Gasteiger partial charge is 0.497 e. The molecule has 1 N–H and O–H groups in total. The van der Waals surface area contributed by atoms with Crippen LogP contribution in [0.5, 0.6) is 11.5 Å². The fourth-order valence-electron chi connectivity index (χ4n) is 1.85. The van der Waals surface area contributed by atoms with Crippen LogP contribution in [0.4, 0.5) is 0 Å². The Kier molecular flexibility index (Phi) is 5.12. The van der Waals surface area contributed by atoms with Crippen molar-refractivity contribution in [2.24, 2.45) is 0 Å². The maximum Gasteiger partial charge on any atom is 0.127 e. The van der Waals surface area contributed by atoms with E-state index < -0.39 is 0 Å². The van der Waals surface area contributed by atoms with Crippen LogP contribution in [0.25, 0.3) is 0 Å². The van der Waals surface area contributed by atoms with Gasteiger partial charge in [-0.15, -0.1) is 0 Å². The van der Waals surface area contributed by atoms with Crippen LogP contribution in [-0.4, -0.2) is 21.3 Å². The Morgan fingerprint density at radius 3 is 2.50 bits per heavy atom. The molecule has 0 saturated heterocycles. The minimum absolute atomic E-state index is 0.339. The number of hydrogen-bond acceptors (Lipinski definition) is 3. The van der Waals surface area contributed by atoms with E-state index in [0.29, 0.717) is 6.04 Å². The number of ether oxygens (including phenoxy) is 2. The number of nitrogens with one attached hydrogen (secondary N) is 1. The van der Waals surface area contributed by atoms with Crippen molar-refractivity contribution < 1.29 is 9.47 Å². The predicted octanol–water partition coefficient (Wildman–Crippen LogP) is 2.76. The molecule has 0 aliphatic carbocycles. The van der Waals surface area contributed by atoms with Crippen LogP contribution in [0.15, 0.2) is 18.2 Å². The van der Waals surface area contributed by atoms with Crippen LogP contribution in [0.3, 0.4) is 0 Å². The lowest BCUT2D eigenvalue weighted by Gasteiger charge is -2.19. The Morgan fingerprint density at radius 1 is 1.25 bits per heavy atom. The first kappa shape index (κ1) is 12.8. The van der Waals surface area contributed by atoms with E-state index in [0.717, 1.165) is 24.3 Å². The van der Waals surface area contributed by atoms with E-state index in [-0.39, 0.29) is 0 Å². The van der Waals surface area contributed by atoms with E-state index in [4.69, 9.17) is 9.47 Å². The zero-order valence-electron chi connectivity index (χ0n) is 10.5. The molecule has 1 aromatic carbocycles. The molecule has 0 aliphatic rings. The Hall–Kier alpha value is -1.22. The maximum atomic E-state index is 5.40. The van der Waals surface area contributed by atoms with Gasteiger partial charge in [0.05, 0.1) is 14.2 Å². The van der Waals surface area contributed by atoms with E-state index in [9.17, 15) is 0 Å². The standard InChI is InChI=1S/C13H21NO2/c1-5-6-12(14-2)11-8-7-10(15-3)9-13(11)16-4/h7-9,12,14H,5-6H2,1-4H3. The summed E-state index contributed by atoms with van der Waals surface area (Å²) in [6, 6.07) is 6.30. The lowest BCUT2D eigenvalue weighted by atomic mass is 10.0. The Morgan fingerprint density at radius 2 is 2.00 bits per heavy atom. The van der Waals surface area contributed by atoms with Gasteiger partial charge in [0.1, 0.15) is 11.5 Å². The molecule has 1 unspecified atom stereocenters. The molecular formula is C13H21NO2. The molecule has 90 valence electrons. The maximum absolute atomic E-state index is 5.40. The van der Waals surface area contributed by atoms with Crippen molar-refractivity contribution in [1.82, 2.24) is 5.32 Å². The fourth-order valence-corrected chi connectivity index (χ4v) is 1.85. The lowest BCUT2D eigenvalue weighted by molar-refractivity contribution is 0.383. The fraction of sp³-hybridized carbons (Fsp3) is 0.538. The molecule has 1 rings (SSSR count). The van der Waals surface area contributed by atoms with E-state index in [1.165, 1.54) is 5.56 Å². The van der Waals surface area contributed by atoms with Gasteiger partial charge in [-0.2, -0.15) is 0 Å². The normalized spacial score (nSPS) is 12.2. The number of hydrogen-bond donors (Lipinski definition) is 1. The van der Waals surface area contributed by atoms with Crippen molar-refractivity contribution in [1.29, 1.82) is 0 Å². The van der Waals surface area contributed by atoms with Crippen molar-refractivity contribution in [3.05, 3.63) is 23.8 Å². The summed E-state index contributed by atoms with van der Waals surface area (Å²) in [6.07, 6.45) is 2.24. The second-order valence-corrected chi connectivity index (χ2v) is 3.74. The monoisotopic (exact) mass is 223 g/mol. The van der Waals surface area contributed by atoms with Gasteiger partial charge < -0.3 is 14.8 Å². The summed E-state index contributed by atoms with van der Waals surface area (Å²) in [5, 5.41) is 3.31. The molecular weight excluding hydrogens is 202 g/mol. The Labute approximate surface area is 97.8 Å². The number of rotatable bonds is 6. The summed E-state index contributed by atoms with van der Waals surface area (Å²) in [5.41, 5.74) is 1.19. The zero-order valence-corrected chi connectivity index (χ0v) is 10.5. The molecule has 1 aromatic rings. The summed E-state index contributed by atoms with van der Waals surface area (Å²) in [4.78, 5) is 0. The summed E-state index contributed by atoms with van der Waals surface area (Å²) in [6.45, 7) is 2.18. The summed E-state index contributed by atoms with van der Waals surface area (Å²) in [5.74, 6) is 1.71. The van der Waals surface area contributed by atoms with Crippen molar-refractivity contribution in [3.63, 3.8) is 0 Å². The molecule has 3 heteroatoms. The first-order valence-electron chi connectivity index (χ1n) is 5.66. The van der Waals surface area contributed by atoms with Crippen molar-refractivity contribution >= 4 is 0 Å². The van der Waals surface area contributed by atoms with E-state index in [1.54, 1.807) is 14.2 Å². The van der Waals surface area contributed by atoms with Gasteiger partial charge in [0.15, 0.2) is 0 Å². The first-order valence-corrected chi connectivity index (χ1v) is 5.66. The van der Waals surface area contributed by atoms with Gasteiger partial charge in [-0.25, -0.2) is 0 Å². The van der Waals surface area contributed by atoms with Gasteiger partial charge in [-0.1, -0.05) is 19.4 Å². The van der Waals surface area contributed by atoms with Crippen LogP contribution in [0, 0.1) is 0 Å². The van der Waals surface area contributed by atoms with Crippen LogP contribution in [-0.2, 0) is 0 Å². The third-order valence-electron chi connectivity index (χ3n) is 2.74. The van der Waals surface area contributed by atoms with E-state index >= 15 is 0 Å². The highest BCUT2D eigenvalue weighted by Gasteiger charge is 2.14. The van der Waals surface area contributed by atoms with Crippen molar-refractivity contribution in [2.75, 3.05) is 21.3 Å². The first-order chi connectivity index (χ1) is 7.76. The molecule has 0 amide bonds. The van der Waals surface area contributed by atoms with Crippen LogP contribution < -0.4 is 14.8 Å². The topological polar surface area (TPSA) is 30.5 Å². The lowest BCUT2D eigenvalue weighted by Crippen LogP contribution is -2.16. The van der Waals surface area contributed by atoms with Gasteiger partial charge in [-0.3, -0.25) is 0 Å². The minimum atomic E-state index is 0.339. The molecule has 0 heterocycles. The van der Waals surface area contributed by atoms with Crippen LogP contribution in [0.1, 0.15) is 31.4 Å². The quantitative estimate of drug-likeness (QED) is 0.804. The Bertz CT molecular complexity index is 326. The molecule has 0 fully saturated rings. The SMILES string of the molecule is CCCC(NC)c1ccc(OC)cc1OC. The van der Waals surface area contributed by atoms with Gasteiger partial charge in [0, 0.05) is 17.7 Å². The molecule has 0 spiro atoms. The highest BCUT2D eigenvalue weighted by atomic mass is 16.5. The van der Waals surface area contributed by atoms with Crippen molar-refractivity contribution in [3.8, 4) is 11.5 Å². The molecule has 0 radical (unpaired) electrons. The van der Waals surface area contributed by atoms with Crippen LogP contribution >= 0.6 is 0 Å². The van der Waals surface area contributed by atoms with Crippen molar-refractivity contribution in [2.45, 2.75) is 25.8 Å². The smallest absolute Gasteiger partial charge is 0.127 e. The average molecular weight is 223 g/mol. The van der Waals surface area contributed by atoms with E-state index in [2.05, 4.69) is 18.3 Å². The van der Waals surface area contributed by atoms with Gasteiger partial charge in [0.2, 0.25) is 0 Å². The second kappa shape index (κ2) is 6.38. The minimum Gasteiger partial charge on any atom is -0.497 e. The number of benzene rings is 1. The summed E-state index contributed by atoms with van der Waals surface area (Å²) in [7, 11) is 5.33. The molecule has 1 atom stereocenters. The third-order valence-corrected chi connectivity index (χ3v) is 2.74. The summed E-state index contributed by atoms with van der Waals surface area (Å²) < 4.78 is 10.6. The average Bonchev–Trinajstić information content (AvgIpc) is 2.35. The van der Waals surface area contributed by atoms with Gasteiger partial charge in [-0.05, 0) is 19.5 Å². The second-order valence-electron chi connectivity index (χ2n) is 3.74. The molecule has 3 nitrogen and oxygen atoms in total. The zero-order chi connectivity index (χ0) is 12.0. The van der Waals surface area contributed by atoms with Crippen LogP contribution in [0.2, 0.25) is 0 Å². The summed E-state index contributed by atoms with van der Waals surface area (Å²) >= 11 is 0. The number of methoxy groups -OCH3 is 2. The molecule has 0 aliphatic heterocycles. The molecule has 0 aromatic heterocycles. The molecule has 0 saturated carbocycles. The predicted molar refractivity (Wildman–Crippen MR) is 66.3 cm³/mol. The highest BCUT2D eigenvalue weighted by Crippen LogP contribution is 2.31. The Balaban J connectivity index is 3.01. The van der Waals surface area contributed by atoms with Gasteiger partial charge in [0.25, 0.3) is 0 Å². The van der Waals surface area contributed by atoms with E-state index in [1.807, 2.05) is 19.2 Å².